The molecule has 1 aliphatic rings. The summed E-state index contributed by atoms with van der Waals surface area (Å²) in [6.07, 6.45) is 4.65. The second-order valence-corrected chi connectivity index (χ2v) is 6.00. The summed E-state index contributed by atoms with van der Waals surface area (Å²) in [5.74, 6) is 0.971. The van der Waals surface area contributed by atoms with Crippen LogP contribution in [0.4, 0.5) is 0 Å². The van der Waals surface area contributed by atoms with Crippen molar-refractivity contribution in [1.82, 2.24) is 14.8 Å². The summed E-state index contributed by atoms with van der Waals surface area (Å²) in [6, 6.07) is 0.836. The monoisotopic (exact) mass is 277 g/mol. The maximum Gasteiger partial charge on any atom is 0.128 e. The fourth-order valence-electron chi connectivity index (χ4n) is 2.59. The lowest BCUT2D eigenvalue weighted by Gasteiger charge is -2.22. The fraction of sp³-hybridized carbons (Fsp3) is 0.688. The number of ether oxygens (including phenoxy) is 1. The molecular formula is C16H27N3O. The summed E-state index contributed by atoms with van der Waals surface area (Å²) in [7, 11) is 6.12. The van der Waals surface area contributed by atoms with E-state index in [0.717, 1.165) is 48.2 Å². The number of hydrogen-bond donors (Lipinski definition) is 0. The molecule has 1 fully saturated rings. The van der Waals surface area contributed by atoms with Crippen LogP contribution in [0.25, 0.3) is 0 Å². The molecular weight excluding hydrogens is 250 g/mol. The highest BCUT2D eigenvalue weighted by Crippen LogP contribution is 2.26. The molecule has 0 amide bonds. The van der Waals surface area contributed by atoms with Crippen LogP contribution in [0.2, 0.25) is 0 Å². The van der Waals surface area contributed by atoms with Crippen LogP contribution in [-0.2, 0) is 6.54 Å². The summed E-state index contributed by atoms with van der Waals surface area (Å²) >= 11 is 0. The minimum Gasteiger partial charge on any atom is -0.496 e. The van der Waals surface area contributed by atoms with Gasteiger partial charge >= 0.3 is 0 Å². The van der Waals surface area contributed by atoms with E-state index >= 15 is 0 Å². The van der Waals surface area contributed by atoms with Gasteiger partial charge < -0.3 is 9.64 Å². The second-order valence-electron chi connectivity index (χ2n) is 6.00. The summed E-state index contributed by atoms with van der Waals surface area (Å²) < 4.78 is 5.47. The minimum absolute atomic E-state index is 0.836. The van der Waals surface area contributed by atoms with Gasteiger partial charge in [0.25, 0.3) is 0 Å². The molecule has 0 bridgehead atoms. The minimum atomic E-state index is 0.836. The topological polar surface area (TPSA) is 28.6 Å². The standard InChI is InChI=1S/C16H27N3O/c1-12-10-17-15(13(2)16(12)20-5)11-18(3)8-9-19(4)14-6-7-14/h10,14H,6-9,11H2,1-5H3. The number of methoxy groups -OCH3 is 1. The molecule has 112 valence electrons. The van der Waals surface area contributed by atoms with E-state index in [1.807, 2.05) is 13.1 Å². The molecule has 1 saturated carbocycles. The summed E-state index contributed by atoms with van der Waals surface area (Å²) in [5, 5.41) is 0. The number of likely N-dealkylation sites (N-methyl/N-ethyl adjacent to an activating group) is 2. The molecule has 2 rings (SSSR count). The summed E-state index contributed by atoms with van der Waals surface area (Å²) in [6.45, 7) is 7.21. The third-order valence-corrected chi connectivity index (χ3v) is 4.17. The molecule has 1 aromatic rings. The van der Waals surface area contributed by atoms with Crippen molar-refractivity contribution >= 4 is 0 Å². The van der Waals surface area contributed by atoms with E-state index in [-0.39, 0.29) is 0 Å². The van der Waals surface area contributed by atoms with E-state index in [9.17, 15) is 0 Å². The van der Waals surface area contributed by atoms with Gasteiger partial charge in [0, 0.05) is 43.0 Å². The number of pyridine rings is 1. The highest BCUT2D eigenvalue weighted by Gasteiger charge is 2.25. The van der Waals surface area contributed by atoms with Gasteiger partial charge in [-0.1, -0.05) is 0 Å². The van der Waals surface area contributed by atoms with Crippen LogP contribution in [0, 0.1) is 13.8 Å². The van der Waals surface area contributed by atoms with Gasteiger partial charge in [0.05, 0.1) is 12.8 Å². The van der Waals surface area contributed by atoms with Crippen molar-refractivity contribution in [1.29, 1.82) is 0 Å². The summed E-state index contributed by atoms with van der Waals surface area (Å²) in [5.41, 5.74) is 3.38. The molecule has 0 atom stereocenters. The largest absolute Gasteiger partial charge is 0.496 e. The third-order valence-electron chi connectivity index (χ3n) is 4.17. The Morgan fingerprint density at radius 3 is 2.55 bits per heavy atom. The molecule has 0 radical (unpaired) electrons. The Hall–Kier alpha value is -1.13. The number of aromatic nitrogens is 1. The van der Waals surface area contributed by atoms with Crippen LogP contribution in [0.3, 0.4) is 0 Å². The smallest absolute Gasteiger partial charge is 0.128 e. The zero-order valence-corrected chi connectivity index (χ0v) is 13.4. The molecule has 20 heavy (non-hydrogen) atoms. The Morgan fingerprint density at radius 2 is 1.95 bits per heavy atom. The van der Waals surface area contributed by atoms with E-state index in [4.69, 9.17) is 4.74 Å². The first-order valence-electron chi connectivity index (χ1n) is 7.40. The second kappa shape index (κ2) is 6.55. The highest BCUT2D eigenvalue weighted by molar-refractivity contribution is 5.40. The molecule has 0 saturated heterocycles. The molecule has 4 nitrogen and oxygen atoms in total. The average molecular weight is 277 g/mol. The van der Waals surface area contributed by atoms with Crippen LogP contribution in [-0.4, -0.2) is 55.1 Å². The third kappa shape index (κ3) is 3.70. The first kappa shape index (κ1) is 15.3. The molecule has 0 unspecified atom stereocenters. The zero-order chi connectivity index (χ0) is 14.7. The van der Waals surface area contributed by atoms with Crippen molar-refractivity contribution in [3.8, 4) is 5.75 Å². The predicted octanol–water partition coefficient (Wildman–Crippen LogP) is 2.23. The van der Waals surface area contributed by atoms with E-state index in [2.05, 4.69) is 35.8 Å². The molecule has 0 N–H and O–H groups in total. The van der Waals surface area contributed by atoms with E-state index < -0.39 is 0 Å². The molecule has 0 aromatic carbocycles. The highest BCUT2D eigenvalue weighted by atomic mass is 16.5. The van der Waals surface area contributed by atoms with Crippen molar-refractivity contribution in [3.63, 3.8) is 0 Å². The molecule has 0 spiro atoms. The average Bonchev–Trinajstić information content (AvgIpc) is 3.24. The zero-order valence-electron chi connectivity index (χ0n) is 13.4. The van der Waals surface area contributed by atoms with Crippen LogP contribution in [0.5, 0.6) is 5.75 Å². The first-order chi connectivity index (χ1) is 9.52. The van der Waals surface area contributed by atoms with Gasteiger partial charge in [-0.25, -0.2) is 0 Å². The Bertz CT molecular complexity index is 457. The quantitative estimate of drug-likeness (QED) is 0.764. The van der Waals surface area contributed by atoms with E-state index in [1.165, 1.54) is 12.8 Å². The maximum absolute atomic E-state index is 5.47. The van der Waals surface area contributed by atoms with Gasteiger partial charge in [-0.3, -0.25) is 9.88 Å². The van der Waals surface area contributed by atoms with Crippen LogP contribution < -0.4 is 4.74 Å². The Morgan fingerprint density at radius 1 is 1.25 bits per heavy atom. The Labute approximate surface area is 122 Å². The van der Waals surface area contributed by atoms with Crippen LogP contribution in [0.1, 0.15) is 29.7 Å². The van der Waals surface area contributed by atoms with Crippen molar-refractivity contribution in [3.05, 3.63) is 23.0 Å². The van der Waals surface area contributed by atoms with Crippen molar-refractivity contribution < 1.29 is 4.74 Å². The molecule has 1 heterocycles. The van der Waals surface area contributed by atoms with Crippen LogP contribution >= 0.6 is 0 Å². The first-order valence-corrected chi connectivity index (χ1v) is 7.40. The predicted molar refractivity (Wildman–Crippen MR) is 82.2 cm³/mol. The van der Waals surface area contributed by atoms with Gasteiger partial charge in [0.2, 0.25) is 0 Å². The van der Waals surface area contributed by atoms with Crippen molar-refractivity contribution in [2.45, 2.75) is 39.3 Å². The fourth-order valence-corrected chi connectivity index (χ4v) is 2.59. The molecule has 4 heteroatoms. The van der Waals surface area contributed by atoms with Gasteiger partial charge in [-0.05, 0) is 40.8 Å². The molecule has 0 aliphatic heterocycles. The molecule has 1 aromatic heterocycles. The van der Waals surface area contributed by atoms with Crippen LogP contribution in [0.15, 0.2) is 6.20 Å². The normalized spacial score (nSPS) is 15.2. The van der Waals surface area contributed by atoms with Crippen molar-refractivity contribution in [2.75, 3.05) is 34.3 Å². The Kier molecular flexibility index (Phi) is 5.00. The lowest BCUT2D eigenvalue weighted by Crippen LogP contribution is -2.32. The van der Waals surface area contributed by atoms with Gasteiger partial charge in [-0.2, -0.15) is 0 Å². The maximum atomic E-state index is 5.47. The van der Waals surface area contributed by atoms with E-state index in [0.29, 0.717) is 0 Å². The number of aryl methyl sites for hydroxylation is 1. The Balaban J connectivity index is 1.91. The lowest BCUT2D eigenvalue weighted by atomic mass is 10.1. The van der Waals surface area contributed by atoms with Gasteiger partial charge in [0.15, 0.2) is 0 Å². The van der Waals surface area contributed by atoms with Gasteiger partial charge in [-0.15, -0.1) is 0 Å². The number of rotatable bonds is 7. The lowest BCUT2D eigenvalue weighted by molar-refractivity contribution is 0.244. The number of hydrogen-bond acceptors (Lipinski definition) is 4. The van der Waals surface area contributed by atoms with Crippen molar-refractivity contribution in [2.24, 2.45) is 0 Å². The SMILES string of the molecule is COc1c(C)cnc(CN(C)CCN(C)C2CC2)c1C. The number of nitrogens with zero attached hydrogens (tertiary/aromatic N) is 3. The van der Waals surface area contributed by atoms with Gasteiger partial charge in [0.1, 0.15) is 5.75 Å². The van der Waals surface area contributed by atoms with E-state index in [1.54, 1.807) is 7.11 Å². The summed E-state index contributed by atoms with van der Waals surface area (Å²) in [4.78, 5) is 9.37. The molecule has 1 aliphatic carbocycles.